The SMILES string of the molecule is OCC(O)CN1CCC2(CCCC2)CC1. The van der Waals surface area contributed by atoms with E-state index in [0.29, 0.717) is 12.0 Å². The van der Waals surface area contributed by atoms with Crippen molar-refractivity contribution >= 4 is 0 Å². The van der Waals surface area contributed by atoms with Crippen molar-refractivity contribution in [1.29, 1.82) is 0 Å². The zero-order valence-corrected chi connectivity index (χ0v) is 9.49. The summed E-state index contributed by atoms with van der Waals surface area (Å²) in [6.07, 6.45) is 7.71. The molecule has 15 heavy (non-hydrogen) atoms. The van der Waals surface area contributed by atoms with E-state index in [1.165, 1.54) is 38.5 Å². The molecule has 1 atom stereocenters. The molecule has 0 amide bonds. The Balaban J connectivity index is 1.76. The van der Waals surface area contributed by atoms with Gasteiger partial charge in [-0.3, -0.25) is 0 Å². The van der Waals surface area contributed by atoms with E-state index >= 15 is 0 Å². The van der Waals surface area contributed by atoms with Crippen LogP contribution in [0.25, 0.3) is 0 Å². The molecule has 2 N–H and O–H groups in total. The highest BCUT2D eigenvalue weighted by Crippen LogP contribution is 2.45. The highest BCUT2D eigenvalue weighted by Gasteiger charge is 2.36. The zero-order chi connectivity index (χ0) is 10.7. The summed E-state index contributed by atoms with van der Waals surface area (Å²) in [5.41, 5.74) is 0.653. The first-order valence-corrected chi connectivity index (χ1v) is 6.25. The number of likely N-dealkylation sites (tertiary alicyclic amines) is 1. The molecule has 3 nitrogen and oxygen atoms in total. The van der Waals surface area contributed by atoms with Gasteiger partial charge in [-0.2, -0.15) is 0 Å². The van der Waals surface area contributed by atoms with Gasteiger partial charge < -0.3 is 15.1 Å². The van der Waals surface area contributed by atoms with Gasteiger partial charge in [-0.05, 0) is 44.2 Å². The third kappa shape index (κ3) is 2.71. The van der Waals surface area contributed by atoms with Gasteiger partial charge in [-0.1, -0.05) is 12.8 Å². The molecular weight excluding hydrogens is 190 g/mol. The quantitative estimate of drug-likeness (QED) is 0.735. The first kappa shape index (κ1) is 11.4. The molecule has 1 aliphatic carbocycles. The molecule has 3 heteroatoms. The van der Waals surface area contributed by atoms with Gasteiger partial charge in [-0.15, -0.1) is 0 Å². The number of β-amino-alcohol motifs (C(OH)–C–C–N with tert-alkyl or cyclic N) is 1. The van der Waals surface area contributed by atoms with Gasteiger partial charge in [0, 0.05) is 6.54 Å². The summed E-state index contributed by atoms with van der Waals surface area (Å²) in [5, 5.41) is 18.2. The number of rotatable bonds is 3. The van der Waals surface area contributed by atoms with Crippen LogP contribution >= 0.6 is 0 Å². The second-order valence-corrected chi connectivity index (χ2v) is 5.34. The summed E-state index contributed by atoms with van der Waals surface area (Å²) in [4.78, 5) is 2.30. The van der Waals surface area contributed by atoms with Gasteiger partial charge in [-0.25, -0.2) is 0 Å². The Labute approximate surface area is 92.1 Å². The smallest absolute Gasteiger partial charge is 0.0897 e. The molecule has 1 saturated carbocycles. The molecule has 2 fully saturated rings. The number of aliphatic hydroxyl groups is 2. The van der Waals surface area contributed by atoms with Crippen molar-refractivity contribution < 1.29 is 10.2 Å². The largest absolute Gasteiger partial charge is 0.394 e. The fourth-order valence-corrected chi connectivity index (χ4v) is 3.19. The van der Waals surface area contributed by atoms with Crippen molar-refractivity contribution in [2.24, 2.45) is 5.41 Å². The topological polar surface area (TPSA) is 43.7 Å². The fraction of sp³-hybridized carbons (Fsp3) is 1.00. The molecule has 0 aromatic heterocycles. The Morgan fingerprint density at radius 3 is 2.20 bits per heavy atom. The molecule has 0 aromatic carbocycles. The Morgan fingerprint density at radius 1 is 1.07 bits per heavy atom. The minimum absolute atomic E-state index is 0.109. The van der Waals surface area contributed by atoms with Crippen LogP contribution in [0.3, 0.4) is 0 Å². The molecule has 0 aromatic rings. The number of piperidine rings is 1. The number of aliphatic hydroxyl groups excluding tert-OH is 2. The van der Waals surface area contributed by atoms with E-state index in [4.69, 9.17) is 5.11 Å². The Bertz CT molecular complexity index is 192. The summed E-state index contributed by atoms with van der Waals surface area (Å²) >= 11 is 0. The number of nitrogens with zero attached hydrogens (tertiary/aromatic N) is 1. The highest BCUT2D eigenvalue weighted by molar-refractivity contribution is 4.89. The van der Waals surface area contributed by atoms with Gasteiger partial charge >= 0.3 is 0 Å². The first-order valence-electron chi connectivity index (χ1n) is 6.25. The third-order valence-corrected chi connectivity index (χ3v) is 4.26. The lowest BCUT2D eigenvalue weighted by Gasteiger charge is -2.39. The summed E-state index contributed by atoms with van der Waals surface area (Å²) < 4.78 is 0. The van der Waals surface area contributed by atoms with Gasteiger partial charge in [0.2, 0.25) is 0 Å². The molecule has 1 saturated heterocycles. The van der Waals surface area contributed by atoms with Crippen LogP contribution in [0.15, 0.2) is 0 Å². The Morgan fingerprint density at radius 2 is 1.67 bits per heavy atom. The summed E-state index contributed by atoms with van der Waals surface area (Å²) in [6.45, 7) is 2.75. The van der Waals surface area contributed by atoms with Crippen LogP contribution in [0.2, 0.25) is 0 Å². The normalized spacial score (nSPS) is 28.4. The van der Waals surface area contributed by atoms with Gasteiger partial charge in [0.15, 0.2) is 0 Å². The van der Waals surface area contributed by atoms with Crippen LogP contribution in [0.1, 0.15) is 38.5 Å². The molecule has 2 aliphatic rings. The van der Waals surface area contributed by atoms with E-state index in [-0.39, 0.29) is 6.61 Å². The van der Waals surface area contributed by atoms with E-state index in [0.717, 1.165) is 13.1 Å². The van der Waals surface area contributed by atoms with E-state index in [1.54, 1.807) is 0 Å². The van der Waals surface area contributed by atoms with Crippen LogP contribution in [-0.2, 0) is 0 Å². The predicted octanol–water partition coefficient (Wildman–Crippen LogP) is 0.996. The van der Waals surface area contributed by atoms with E-state index in [2.05, 4.69) is 4.90 Å². The molecule has 0 bridgehead atoms. The van der Waals surface area contributed by atoms with Crippen molar-refractivity contribution in [2.75, 3.05) is 26.2 Å². The average molecular weight is 213 g/mol. The van der Waals surface area contributed by atoms with Crippen molar-refractivity contribution in [1.82, 2.24) is 4.90 Å². The minimum atomic E-state index is -0.553. The highest BCUT2D eigenvalue weighted by atomic mass is 16.3. The Kier molecular flexibility index (Phi) is 3.65. The van der Waals surface area contributed by atoms with Gasteiger partial charge in [0.25, 0.3) is 0 Å². The Hall–Kier alpha value is -0.120. The molecule has 1 aliphatic heterocycles. The standard InChI is InChI=1S/C12H23NO2/c14-10-11(15)9-13-7-5-12(6-8-13)3-1-2-4-12/h11,14-15H,1-10H2. The lowest BCUT2D eigenvalue weighted by Crippen LogP contribution is -2.43. The van der Waals surface area contributed by atoms with Crippen LogP contribution in [0.4, 0.5) is 0 Å². The molecule has 88 valence electrons. The van der Waals surface area contributed by atoms with Crippen molar-refractivity contribution in [2.45, 2.75) is 44.6 Å². The van der Waals surface area contributed by atoms with Crippen LogP contribution in [0.5, 0.6) is 0 Å². The second-order valence-electron chi connectivity index (χ2n) is 5.34. The van der Waals surface area contributed by atoms with Crippen LogP contribution in [-0.4, -0.2) is 47.5 Å². The molecule has 2 rings (SSSR count). The van der Waals surface area contributed by atoms with Crippen LogP contribution < -0.4 is 0 Å². The number of hydrogen-bond donors (Lipinski definition) is 2. The predicted molar refractivity (Wildman–Crippen MR) is 59.7 cm³/mol. The van der Waals surface area contributed by atoms with E-state index in [1.807, 2.05) is 0 Å². The molecule has 1 heterocycles. The summed E-state index contributed by atoms with van der Waals surface area (Å²) in [6, 6.07) is 0. The third-order valence-electron chi connectivity index (χ3n) is 4.26. The lowest BCUT2D eigenvalue weighted by atomic mass is 9.77. The van der Waals surface area contributed by atoms with Crippen molar-refractivity contribution in [3.8, 4) is 0 Å². The lowest BCUT2D eigenvalue weighted by molar-refractivity contribution is 0.0321. The maximum Gasteiger partial charge on any atom is 0.0897 e. The van der Waals surface area contributed by atoms with E-state index < -0.39 is 6.10 Å². The van der Waals surface area contributed by atoms with Crippen molar-refractivity contribution in [3.63, 3.8) is 0 Å². The molecule has 0 radical (unpaired) electrons. The monoisotopic (exact) mass is 213 g/mol. The van der Waals surface area contributed by atoms with Gasteiger partial charge in [0.05, 0.1) is 12.7 Å². The molecule has 1 spiro atoms. The van der Waals surface area contributed by atoms with Crippen molar-refractivity contribution in [3.05, 3.63) is 0 Å². The molecular formula is C12H23NO2. The number of hydrogen-bond acceptors (Lipinski definition) is 3. The minimum Gasteiger partial charge on any atom is -0.394 e. The second kappa shape index (κ2) is 4.81. The molecule has 1 unspecified atom stereocenters. The summed E-state index contributed by atoms with van der Waals surface area (Å²) in [5.74, 6) is 0. The maximum atomic E-state index is 9.38. The van der Waals surface area contributed by atoms with Crippen LogP contribution in [0, 0.1) is 5.41 Å². The summed E-state index contributed by atoms with van der Waals surface area (Å²) in [7, 11) is 0. The fourth-order valence-electron chi connectivity index (χ4n) is 3.19. The first-order chi connectivity index (χ1) is 7.24. The van der Waals surface area contributed by atoms with E-state index in [9.17, 15) is 5.11 Å². The zero-order valence-electron chi connectivity index (χ0n) is 9.49. The maximum absolute atomic E-state index is 9.38. The van der Waals surface area contributed by atoms with Gasteiger partial charge in [0.1, 0.15) is 0 Å². The average Bonchev–Trinajstić information content (AvgIpc) is 2.70.